The normalized spacial score (nSPS) is 28.9. The second kappa shape index (κ2) is 16.2. The average molecular weight is 625 g/mol. The summed E-state index contributed by atoms with van der Waals surface area (Å²) in [5.41, 5.74) is -1.85. The molecule has 246 valence electrons. The largest absolute Gasteiger partial charge is 0.336 e. The fraction of sp³-hybridized carbons (Fsp3) is 0.818. The minimum absolute atomic E-state index is 0.0844. The fourth-order valence-electron chi connectivity index (χ4n) is 8.88. The zero-order valence-electron chi connectivity index (χ0n) is 26.9. The second-order valence-electron chi connectivity index (χ2n) is 13.2. The van der Waals surface area contributed by atoms with E-state index in [0.29, 0.717) is 44.9 Å². The number of nitrogens with zero attached hydrogens (tertiary/aromatic N) is 6. The van der Waals surface area contributed by atoms with Crippen LogP contribution in [0.1, 0.15) is 135 Å². The molecule has 1 aromatic heterocycles. The maximum Gasteiger partial charge on any atom is 0.336 e. The van der Waals surface area contributed by atoms with Gasteiger partial charge in [-0.15, -0.1) is 0 Å². The smallest absolute Gasteiger partial charge is 0.247 e. The van der Waals surface area contributed by atoms with Gasteiger partial charge in [0.25, 0.3) is 0 Å². The van der Waals surface area contributed by atoms with Crippen molar-refractivity contribution in [2.45, 2.75) is 153 Å². The summed E-state index contributed by atoms with van der Waals surface area (Å²) in [5, 5.41) is 0. The molecule has 0 aromatic carbocycles. The van der Waals surface area contributed by atoms with Crippen molar-refractivity contribution in [3.05, 3.63) is 31.5 Å². The molecule has 12 nitrogen and oxygen atoms in total. The maximum absolute atomic E-state index is 14.6. The molecule has 3 fully saturated rings. The van der Waals surface area contributed by atoms with Gasteiger partial charge in [-0.1, -0.05) is 46.5 Å². The average Bonchev–Trinajstić information content (AvgIpc) is 3.04. The van der Waals surface area contributed by atoms with E-state index >= 15 is 0 Å². The lowest BCUT2D eigenvalue weighted by molar-refractivity contribution is 0.160. The van der Waals surface area contributed by atoms with Gasteiger partial charge in [-0.3, -0.25) is 0 Å². The maximum atomic E-state index is 14.6. The molecule has 3 aliphatic carbocycles. The predicted molar refractivity (Wildman–Crippen MR) is 169 cm³/mol. The van der Waals surface area contributed by atoms with E-state index in [1.165, 1.54) is 13.7 Å². The van der Waals surface area contributed by atoms with Crippen molar-refractivity contribution >= 4 is 18.2 Å². The first-order valence-corrected chi connectivity index (χ1v) is 17.0. The summed E-state index contributed by atoms with van der Waals surface area (Å²) in [6.45, 7) is 5.81. The standard InChI is InChI=1S/C33H48N6O6/c1-4-28(22-11-9-13-24(17-22)34-19-40)37-31(43)38(29(5-2)23-12-10-14-25(18-23)35-20-41)33(45)39(32(37)44)30(6-3)26-15-7-8-16-27(26)36-21-42/h22-30H,4-18H2,1-3H3. The summed E-state index contributed by atoms with van der Waals surface area (Å²) >= 11 is 0. The molecule has 0 N–H and O–H groups in total. The zero-order chi connectivity index (χ0) is 32.5. The Balaban J connectivity index is 1.95. The van der Waals surface area contributed by atoms with Crippen molar-refractivity contribution in [2.24, 2.45) is 32.7 Å². The minimum atomic E-state index is -0.623. The molecule has 3 aliphatic rings. The monoisotopic (exact) mass is 624 g/mol. The van der Waals surface area contributed by atoms with E-state index in [4.69, 9.17) is 0 Å². The molecular formula is C33H48N6O6. The molecule has 1 aromatic rings. The highest BCUT2D eigenvalue weighted by Gasteiger charge is 2.39. The van der Waals surface area contributed by atoms with Gasteiger partial charge >= 0.3 is 17.1 Å². The van der Waals surface area contributed by atoms with Crippen LogP contribution in [-0.4, -0.2) is 50.1 Å². The van der Waals surface area contributed by atoms with Crippen molar-refractivity contribution < 1.29 is 14.4 Å². The Morgan fingerprint density at radius 1 is 0.578 bits per heavy atom. The number of rotatable bonds is 12. The lowest BCUT2D eigenvalue weighted by atomic mass is 9.79. The highest BCUT2D eigenvalue weighted by Crippen LogP contribution is 2.38. The molecule has 9 unspecified atom stereocenters. The Bertz CT molecular complexity index is 1410. The van der Waals surface area contributed by atoms with Gasteiger partial charge in [0.2, 0.25) is 18.2 Å². The topological polar surface area (TPSA) is 154 Å². The molecule has 0 radical (unpaired) electrons. The number of aliphatic imine (C=N–C) groups is 3. The van der Waals surface area contributed by atoms with Crippen LogP contribution < -0.4 is 17.1 Å². The van der Waals surface area contributed by atoms with Crippen molar-refractivity contribution in [2.75, 3.05) is 0 Å². The summed E-state index contributed by atoms with van der Waals surface area (Å²) in [7, 11) is 0. The first-order valence-electron chi connectivity index (χ1n) is 17.0. The molecule has 1 heterocycles. The zero-order valence-corrected chi connectivity index (χ0v) is 26.9. The lowest BCUT2D eigenvalue weighted by Gasteiger charge is -2.38. The second-order valence-corrected chi connectivity index (χ2v) is 13.2. The van der Waals surface area contributed by atoms with Crippen LogP contribution in [-0.2, 0) is 14.4 Å². The fourth-order valence-corrected chi connectivity index (χ4v) is 8.88. The Hall–Kier alpha value is -3.45. The summed E-state index contributed by atoms with van der Waals surface area (Å²) in [6.07, 6.45) is 15.4. The van der Waals surface area contributed by atoms with Gasteiger partial charge in [0.05, 0.1) is 18.1 Å². The molecule has 12 heteroatoms. The van der Waals surface area contributed by atoms with Crippen molar-refractivity contribution in [1.29, 1.82) is 0 Å². The van der Waals surface area contributed by atoms with Gasteiger partial charge in [0.15, 0.2) is 0 Å². The molecule has 0 amide bonds. The quantitative estimate of drug-likeness (QED) is 0.242. The highest BCUT2D eigenvalue weighted by molar-refractivity contribution is 5.34. The van der Waals surface area contributed by atoms with E-state index in [0.717, 1.165) is 51.4 Å². The molecule has 4 rings (SSSR count). The van der Waals surface area contributed by atoms with Crippen LogP contribution in [0.3, 0.4) is 0 Å². The van der Waals surface area contributed by atoms with E-state index in [-0.39, 0.29) is 35.9 Å². The van der Waals surface area contributed by atoms with Gasteiger partial charge in [-0.25, -0.2) is 57.4 Å². The SMILES string of the molecule is CCC(C1CCCC(N=C=O)C1)n1c(=O)n(C(CC)C2CCCC(N=C=O)C2)c(=O)n(C(CC)C2CCCCC2N=C=O)c1=O. The summed E-state index contributed by atoms with van der Waals surface area (Å²) < 4.78 is 3.92. The van der Waals surface area contributed by atoms with Gasteiger partial charge in [0.1, 0.15) is 0 Å². The summed E-state index contributed by atoms with van der Waals surface area (Å²) in [6, 6.07) is -2.32. The lowest BCUT2D eigenvalue weighted by Crippen LogP contribution is -2.59. The predicted octanol–water partition coefficient (Wildman–Crippen LogP) is 4.71. The van der Waals surface area contributed by atoms with Crippen LogP contribution in [0.15, 0.2) is 29.4 Å². The van der Waals surface area contributed by atoms with E-state index in [9.17, 15) is 28.8 Å². The minimum Gasteiger partial charge on any atom is -0.247 e. The number of isocyanates is 3. The number of hydrogen-bond donors (Lipinski definition) is 0. The van der Waals surface area contributed by atoms with Crippen molar-refractivity contribution in [1.82, 2.24) is 13.7 Å². The van der Waals surface area contributed by atoms with Crippen LogP contribution in [0.25, 0.3) is 0 Å². The third-order valence-corrected chi connectivity index (χ3v) is 10.9. The first-order chi connectivity index (χ1) is 21.8. The molecule has 0 bridgehead atoms. The van der Waals surface area contributed by atoms with E-state index < -0.39 is 35.2 Å². The molecule has 3 saturated carbocycles. The van der Waals surface area contributed by atoms with Crippen molar-refractivity contribution in [3.8, 4) is 0 Å². The van der Waals surface area contributed by atoms with Gasteiger partial charge in [0, 0.05) is 24.0 Å². The Morgan fingerprint density at radius 2 is 1.00 bits per heavy atom. The third kappa shape index (κ3) is 7.35. The van der Waals surface area contributed by atoms with Crippen LogP contribution in [0, 0.1) is 17.8 Å². The molecular weight excluding hydrogens is 576 g/mol. The van der Waals surface area contributed by atoms with Crippen LogP contribution in [0.2, 0.25) is 0 Å². The highest BCUT2D eigenvalue weighted by atomic mass is 16.2. The molecule has 0 spiro atoms. The van der Waals surface area contributed by atoms with E-state index in [1.807, 2.05) is 20.8 Å². The Kier molecular flexibility index (Phi) is 12.4. The first kappa shape index (κ1) is 34.4. The van der Waals surface area contributed by atoms with Crippen molar-refractivity contribution in [3.63, 3.8) is 0 Å². The molecule has 9 atom stereocenters. The third-order valence-electron chi connectivity index (χ3n) is 10.9. The van der Waals surface area contributed by atoms with Crippen LogP contribution in [0.5, 0.6) is 0 Å². The van der Waals surface area contributed by atoms with Gasteiger partial charge in [-0.05, 0) is 82.5 Å². The van der Waals surface area contributed by atoms with Crippen LogP contribution in [0.4, 0.5) is 0 Å². The molecule has 0 saturated heterocycles. The Labute approximate surface area is 263 Å². The number of hydrogen-bond acceptors (Lipinski definition) is 9. The van der Waals surface area contributed by atoms with E-state index in [2.05, 4.69) is 15.0 Å². The summed E-state index contributed by atoms with van der Waals surface area (Å²) in [5.74, 6) is -0.394. The van der Waals surface area contributed by atoms with Gasteiger partial charge in [-0.2, -0.15) is 0 Å². The summed E-state index contributed by atoms with van der Waals surface area (Å²) in [4.78, 5) is 89.4. The van der Waals surface area contributed by atoms with Gasteiger partial charge < -0.3 is 0 Å². The molecule has 45 heavy (non-hydrogen) atoms. The Morgan fingerprint density at radius 3 is 1.42 bits per heavy atom. The van der Waals surface area contributed by atoms with Crippen LogP contribution >= 0.6 is 0 Å². The van der Waals surface area contributed by atoms with E-state index in [1.54, 1.807) is 18.2 Å². The molecule has 0 aliphatic heterocycles. The number of carbonyl (C=O) groups excluding carboxylic acids is 3. The number of aromatic nitrogens is 3.